The highest BCUT2D eigenvalue weighted by Gasteiger charge is 2.58. The number of hydrogen-bond donors (Lipinski definition) is 1. The SMILES string of the molecule is C=C1C(CSc2nnnn2C)=C(C(=O)O)N2C(=O)/C(=C/C(=O)OC(C)(C)C)C2S1(=O)=O. The van der Waals surface area contributed by atoms with E-state index in [2.05, 4.69) is 22.1 Å². The van der Waals surface area contributed by atoms with Crippen LogP contribution in [-0.4, -0.2) is 73.2 Å². The predicted molar refractivity (Wildman–Crippen MR) is 107 cm³/mol. The summed E-state index contributed by atoms with van der Waals surface area (Å²) < 4.78 is 32.5. The van der Waals surface area contributed by atoms with Crippen LogP contribution in [0.2, 0.25) is 0 Å². The highest BCUT2D eigenvalue weighted by Crippen LogP contribution is 2.45. The molecular formula is C17H19N5O7S2. The Kier molecular flexibility index (Phi) is 5.56. The largest absolute Gasteiger partial charge is 0.477 e. The number of aryl methyl sites for hydroxylation is 1. The van der Waals surface area contributed by atoms with E-state index in [4.69, 9.17) is 4.74 Å². The van der Waals surface area contributed by atoms with Gasteiger partial charge in [0.1, 0.15) is 11.3 Å². The van der Waals surface area contributed by atoms with Crippen LogP contribution in [0.5, 0.6) is 0 Å². The third kappa shape index (κ3) is 3.99. The number of carboxylic acid groups (broad SMARTS) is 1. The first-order valence-corrected chi connectivity index (χ1v) is 11.3. The summed E-state index contributed by atoms with van der Waals surface area (Å²) in [5, 5.41) is 19.2. The van der Waals surface area contributed by atoms with Crippen LogP contribution in [0.4, 0.5) is 0 Å². The lowest BCUT2D eigenvalue weighted by Gasteiger charge is -2.45. The number of aromatic nitrogens is 4. The Balaban J connectivity index is 2.01. The highest BCUT2D eigenvalue weighted by molar-refractivity contribution is 7.99. The molecule has 14 heteroatoms. The molecule has 3 rings (SSSR count). The van der Waals surface area contributed by atoms with Crippen molar-refractivity contribution in [3.63, 3.8) is 0 Å². The third-order valence-electron chi connectivity index (χ3n) is 4.28. The van der Waals surface area contributed by atoms with Crippen LogP contribution < -0.4 is 0 Å². The lowest BCUT2D eigenvalue weighted by Crippen LogP contribution is -2.62. The summed E-state index contributed by atoms with van der Waals surface area (Å²) in [6.45, 7) is 8.39. The number of sulfone groups is 1. The van der Waals surface area contributed by atoms with Crippen LogP contribution >= 0.6 is 11.8 Å². The van der Waals surface area contributed by atoms with Crippen LogP contribution in [0.1, 0.15) is 20.8 Å². The summed E-state index contributed by atoms with van der Waals surface area (Å²) >= 11 is 0.986. The van der Waals surface area contributed by atoms with Crippen LogP contribution in [0.15, 0.2) is 39.6 Å². The number of thioether (sulfide) groups is 1. The number of ether oxygens (including phenoxy) is 1. The quantitative estimate of drug-likeness (QED) is 0.268. The van der Waals surface area contributed by atoms with Crippen molar-refractivity contribution in [3.8, 4) is 0 Å². The van der Waals surface area contributed by atoms with Gasteiger partial charge in [0.05, 0.1) is 10.5 Å². The van der Waals surface area contributed by atoms with Gasteiger partial charge in [0.25, 0.3) is 5.91 Å². The second-order valence-corrected chi connectivity index (χ2v) is 10.6. The molecule has 1 fully saturated rings. The topological polar surface area (TPSA) is 162 Å². The summed E-state index contributed by atoms with van der Waals surface area (Å²) in [6.07, 6.45) is 0.782. The van der Waals surface area contributed by atoms with Crippen LogP contribution in [0, 0.1) is 0 Å². The number of rotatable bonds is 5. The molecule has 3 heterocycles. The zero-order valence-electron chi connectivity index (χ0n) is 17.0. The molecule has 0 spiro atoms. The lowest BCUT2D eigenvalue weighted by molar-refractivity contribution is -0.149. The summed E-state index contributed by atoms with van der Waals surface area (Å²) in [4.78, 5) is 36.9. The smallest absolute Gasteiger partial charge is 0.353 e. The molecule has 1 N–H and O–H groups in total. The molecule has 1 atom stereocenters. The van der Waals surface area contributed by atoms with Crippen molar-refractivity contribution in [3.05, 3.63) is 34.4 Å². The van der Waals surface area contributed by atoms with E-state index >= 15 is 0 Å². The first-order chi connectivity index (χ1) is 14.3. The number of fused-ring (bicyclic) bond motifs is 1. The summed E-state index contributed by atoms with van der Waals surface area (Å²) in [6, 6.07) is 0. The number of carbonyl (C=O) groups is 3. The highest BCUT2D eigenvalue weighted by atomic mass is 32.2. The number of carbonyl (C=O) groups excluding carboxylic acids is 2. The van der Waals surface area contributed by atoms with E-state index in [1.165, 1.54) is 4.68 Å². The molecule has 0 bridgehead atoms. The maximum absolute atomic E-state index is 13.0. The Morgan fingerprint density at radius 3 is 2.52 bits per heavy atom. The van der Waals surface area contributed by atoms with Crippen molar-refractivity contribution < 1.29 is 32.6 Å². The fraction of sp³-hybridized carbons (Fsp3) is 0.412. The van der Waals surface area contributed by atoms with Gasteiger partial charge in [-0.15, -0.1) is 5.10 Å². The summed E-state index contributed by atoms with van der Waals surface area (Å²) in [7, 11) is -2.69. The Labute approximate surface area is 181 Å². The molecule has 12 nitrogen and oxygen atoms in total. The minimum Gasteiger partial charge on any atom is -0.477 e. The minimum atomic E-state index is -4.25. The molecule has 2 aliphatic heterocycles. The Morgan fingerprint density at radius 2 is 2.00 bits per heavy atom. The molecule has 1 aromatic rings. The van der Waals surface area contributed by atoms with E-state index in [1.807, 2.05) is 0 Å². The van der Waals surface area contributed by atoms with Crippen molar-refractivity contribution in [2.45, 2.75) is 36.9 Å². The standard InChI is InChI=1S/C17H19N5O7S2/c1-8-10(7-30-16-18-19-20-21(16)5)12(15(25)26)22-13(24)9(14(22)31(8,27)28)6-11(23)29-17(2,3)4/h6,14H,1,7H2,2-5H3,(H,25,26)/b9-6-. The van der Waals surface area contributed by atoms with Gasteiger partial charge < -0.3 is 9.84 Å². The second-order valence-electron chi connectivity index (χ2n) is 7.63. The molecule has 1 unspecified atom stereocenters. The van der Waals surface area contributed by atoms with Gasteiger partial charge in [0.2, 0.25) is 15.0 Å². The van der Waals surface area contributed by atoms with Crippen molar-refractivity contribution in [2.75, 3.05) is 5.75 Å². The fourth-order valence-corrected chi connectivity index (χ4v) is 5.74. The molecule has 0 aromatic carbocycles. The van der Waals surface area contributed by atoms with Crippen molar-refractivity contribution in [1.29, 1.82) is 0 Å². The summed E-state index contributed by atoms with van der Waals surface area (Å²) in [5.41, 5.74) is -1.90. The molecule has 1 saturated heterocycles. The zero-order valence-corrected chi connectivity index (χ0v) is 18.7. The molecular weight excluding hydrogens is 450 g/mol. The van der Waals surface area contributed by atoms with Gasteiger partial charge in [-0.25, -0.2) is 22.7 Å². The minimum absolute atomic E-state index is 0.151. The summed E-state index contributed by atoms with van der Waals surface area (Å²) in [5.74, 6) is -3.48. The number of β-lactam (4-membered cyclic amide) rings is 1. The first-order valence-electron chi connectivity index (χ1n) is 8.78. The van der Waals surface area contributed by atoms with Gasteiger partial charge >= 0.3 is 11.9 Å². The Bertz CT molecular complexity index is 1170. The van der Waals surface area contributed by atoms with Crippen molar-refractivity contribution in [2.24, 2.45) is 7.05 Å². The van der Waals surface area contributed by atoms with E-state index in [0.29, 0.717) is 10.1 Å². The molecule has 0 radical (unpaired) electrons. The lowest BCUT2D eigenvalue weighted by atomic mass is 10.0. The average molecular weight is 470 g/mol. The molecule has 1 aromatic heterocycles. The van der Waals surface area contributed by atoms with E-state index in [1.54, 1.807) is 27.8 Å². The van der Waals surface area contributed by atoms with Gasteiger partial charge in [-0.3, -0.25) is 9.69 Å². The molecule has 0 aliphatic carbocycles. The van der Waals surface area contributed by atoms with Crippen LogP contribution in [0.3, 0.4) is 0 Å². The number of esters is 1. The molecule has 1 amide bonds. The fourth-order valence-electron chi connectivity index (χ4n) is 2.99. The second kappa shape index (κ2) is 7.60. The zero-order chi connectivity index (χ0) is 23.3. The van der Waals surface area contributed by atoms with E-state index < -0.39 is 49.3 Å². The van der Waals surface area contributed by atoms with Gasteiger partial charge in [-0.05, 0) is 31.2 Å². The van der Waals surface area contributed by atoms with Gasteiger partial charge in [-0.2, -0.15) is 0 Å². The van der Waals surface area contributed by atoms with Gasteiger partial charge in [-0.1, -0.05) is 18.3 Å². The molecule has 166 valence electrons. The number of amides is 1. The molecule has 31 heavy (non-hydrogen) atoms. The van der Waals surface area contributed by atoms with Crippen molar-refractivity contribution >= 4 is 39.4 Å². The van der Waals surface area contributed by atoms with Crippen molar-refractivity contribution in [1.82, 2.24) is 25.1 Å². The number of hydrogen-bond acceptors (Lipinski definition) is 10. The first kappa shape index (κ1) is 22.7. The van der Waals surface area contributed by atoms with E-state index in [9.17, 15) is 27.9 Å². The number of aliphatic carboxylic acids is 1. The molecule has 2 aliphatic rings. The molecule has 0 saturated carbocycles. The number of nitrogens with zero attached hydrogens (tertiary/aromatic N) is 5. The monoisotopic (exact) mass is 469 g/mol. The van der Waals surface area contributed by atoms with Gasteiger partial charge in [0.15, 0.2) is 5.37 Å². The van der Waals surface area contributed by atoms with Gasteiger partial charge in [0, 0.05) is 24.4 Å². The third-order valence-corrected chi connectivity index (χ3v) is 7.30. The van der Waals surface area contributed by atoms with E-state index in [0.717, 1.165) is 17.8 Å². The normalized spacial score (nSPS) is 21.7. The number of carboxylic acids is 1. The predicted octanol–water partition coefficient (Wildman–Crippen LogP) is 0.0194. The van der Waals surface area contributed by atoms with Crippen LogP contribution in [-0.2, 0) is 36.0 Å². The number of tetrazole rings is 1. The van der Waals surface area contributed by atoms with E-state index in [-0.39, 0.29) is 16.9 Å². The Hall–Kier alpha value is -3.00. The van der Waals surface area contributed by atoms with Crippen LogP contribution in [0.25, 0.3) is 0 Å². The Morgan fingerprint density at radius 1 is 1.35 bits per heavy atom. The maximum Gasteiger partial charge on any atom is 0.353 e. The maximum atomic E-state index is 13.0. The number of allylic oxidation sites excluding steroid dienone is 1. The average Bonchev–Trinajstić information content (AvgIpc) is 3.03.